The van der Waals surface area contributed by atoms with Crippen molar-refractivity contribution in [2.75, 3.05) is 11.9 Å². The lowest BCUT2D eigenvalue weighted by molar-refractivity contribution is -0.132. The van der Waals surface area contributed by atoms with E-state index in [-0.39, 0.29) is 11.9 Å². The Hall–Kier alpha value is -2.57. The summed E-state index contributed by atoms with van der Waals surface area (Å²) in [6.45, 7) is 3.68. The van der Waals surface area contributed by atoms with Gasteiger partial charge in [-0.15, -0.1) is 11.3 Å². The standard InChI is InChI=1S/C22H22ClN3O2S/c1-15(22(27)26-10-7-21-16(13-26)8-11-29-21)25-17-5-6-20(19(23)12-17)28-14-18-4-2-3-9-24-18/h2-6,8-9,11-12,15,25H,7,10,13-14H2,1H3. The maximum Gasteiger partial charge on any atom is 0.245 e. The van der Waals surface area contributed by atoms with Gasteiger partial charge in [0.1, 0.15) is 18.4 Å². The predicted molar refractivity (Wildman–Crippen MR) is 117 cm³/mol. The molecule has 3 heterocycles. The number of nitrogens with zero attached hydrogens (tertiary/aromatic N) is 2. The van der Waals surface area contributed by atoms with E-state index >= 15 is 0 Å². The molecule has 150 valence electrons. The highest BCUT2D eigenvalue weighted by atomic mass is 35.5. The summed E-state index contributed by atoms with van der Waals surface area (Å²) in [5.41, 5.74) is 2.88. The van der Waals surface area contributed by atoms with Crippen LogP contribution in [-0.4, -0.2) is 28.4 Å². The van der Waals surface area contributed by atoms with Gasteiger partial charge in [-0.25, -0.2) is 0 Å². The Kier molecular flexibility index (Phi) is 6.02. The number of pyridine rings is 1. The van der Waals surface area contributed by atoms with Gasteiger partial charge in [0.05, 0.1) is 10.7 Å². The van der Waals surface area contributed by atoms with Crippen molar-refractivity contribution in [3.63, 3.8) is 0 Å². The lowest BCUT2D eigenvalue weighted by Crippen LogP contribution is -2.43. The molecule has 1 atom stereocenters. The number of ether oxygens (including phenoxy) is 1. The molecule has 1 N–H and O–H groups in total. The third kappa shape index (κ3) is 4.71. The van der Waals surface area contributed by atoms with Gasteiger partial charge in [-0.1, -0.05) is 17.7 Å². The van der Waals surface area contributed by atoms with Crippen LogP contribution < -0.4 is 10.1 Å². The highest BCUT2D eigenvalue weighted by molar-refractivity contribution is 7.10. The van der Waals surface area contributed by atoms with E-state index < -0.39 is 0 Å². The summed E-state index contributed by atoms with van der Waals surface area (Å²) in [6, 6.07) is 12.9. The Morgan fingerprint density at radius 3 is 3.03 bits per heavy atom. The first-order valence-electron chi connectivity index (χ1n) is 9.53. The first kappa shape index (κ1) is 19.7. The summed E-state index contributed by atoms with van der Waals surface area (Å²) >= 11 is 8.14. The Bertz CT molecular complexity index is 993. The molecule has 2 aromatic heterocycles. The minimum Gasteiger partial charge on any atom is -0.486 e. The predicted octanol–water partition coefficient (Wildman–Crippen LogP) is 4.76. The molecule has 0 fully saturated rings. The molecule has 3 aromatic rings. The summed E-state index contributed by atoms with van der Waals surface area (Å²) < 4.78 is 5.75. The molecule has 1 amide bonds. The van der Waals surface area contributed by atoms with Gasteiger partial charge in [0.15, 0.2) is 0 Å². The number of carbonyl (C=O) groups excluding carboxylic acids is 1. The number of hydrogen-bond donors (Lipinski definition) is 1. The van der Waals surface area contributed by atoms with E-state index in [0.717, 1.165) is 24.3 Å². The van der Waals surface area contributed by atoms with Gasteiger partial charge < -0.3 is 15.0 Å². The molecule has 1 unspecified atom stereocenters. The van der Waals surface area contributed by atoms with E-state index in [9.17, 15) is 4.79 Å². The second-order valence-corrected chi connectivity index (χ2v) is 8.41. The van der Waals surface area contributed by atoms with E-state index in [2.05, 4.69) is 21.7 Å². The molecular formula is C22H22ClN3O2S. The van der Waals surface area contributed by atoms with Gasteiger partial charge in [-0.2, -0.15) is 0 Å². The topological polar surface area (TPSA) is 54.5 Å². The maximum absolute atomic E-state index is 12.8. The second-order valence-electron chi connectivity index (χ2n) is 7.00. The molecule has 5 nitrogen and oxygen atoms in total. The van der Waals surface area contributed by atoms with Crippen LogP contribution in [0.15, 0.2) is 54.0 Å². The Morgan fingerprint density at radius 2 is 2.24 bits per heavy atom. The number of rotatable bonds is 6. The molecule has 1 aliphatic heterocycles. The number of benzene rings is 1. The van der Waals surface area contributed by atoms with Crippen molar-refractivity contribution in [2.24, 2.45) is 0 Å². The molecule has 4 rings (SSSR count). The minimum atomic E-state index is -0.341. The van der Waals surface area contributed by atoms with Crippen LogP contribution in [0.5, 0.6) is 5.75 Å². The summed E-state index contributed by atoms with van der Waals surface area (Å²) in [7, 11) is 0. The number of halogens is 1. The number of carbonyl (C=O) groups is 1. The van der Waals surface area contributed by atoms with Crippen LogP contribution >= 0.6 is 22.9 Å². The summed E-state index contributed by atoms with van der Waals surface area (Å²) in [6.07, 6.45) is 2.66. The Balaban J connectivity index is 1.35. The normalized spacial score (nSPS) is 14.2. The van der Waals surface area contributed by atoms with E-state index in [4.69, 9.17) is 16.3 Å². The van der Waals surface area contributed by atoms with Gasteiger partial charge in [-0.05, 0) is 60.7 Å². The molecule has 0 bridgehead atoms. The molecule has 0 saturated carbocycles. The van der Waals surface area contributed by atoms with Crippen molar-refractivity contribution < 1.29 is 9.53 Å². The fourth-order valence-electron chi connectivity index (χ4n) is 3.37. The smallest absolute Gasteiger partial charge is 0.245 e. The molecule has 0 aliphatic carbocycles. The largest absolute Gasteiger partial charge is 0.486 e. The number of amides is 1. The highest BCUT2D eigenvalue weighted by Gasteiger charge is 2.25. The zero-order chi connectivity index (χ0) is 20.2. The van der Waals surface area contributed by atoms with Crippen LogP contribution in [0.2, 0.25) is 5.02 Å². The van der Waals surface area contributed by atoms with Crippen LogP contribution in [0.4, 0.5) is 5.69 Å². The lowest BCUT2D eigenvalue weighted by atomic mass is 10.1. The van der Waals surface area contributed by atoms with Gasteiger partial charge >= 0.3 is 0 Å². The zero-order valence-corrected chi connectivity index (χ0v) is 17.7. The van der Waals surface area contributed by atoms with E-state index in [1.54, 1.807) is 23.6 Å². The van der Waals surface area contributed by atoms with Gasteiger partial charge in [0.2, 0.25) is 5.91 Å². The van der Waals surface area contributed by atoms with E-state index in [1.807, 2.05) is 42.2 Å². The van der Waals surface area contributed by atoms with Crippen LogP contribution in [0.25, 0.3) is 0 Å². The number of aromatic nitrogens is 1. The van der Waals surface area contributed by atoms with Gasteiger partial charge in [-0.3, -0.25) is 9.78 Å². The number of anilines is 1. The quantitative estimate of drug-likeness (QED) is 0.616. The van der Waals surface area contributed by atoms with Gasteiger partial charge in [0.25, 0.3) is 0 Å². The average Bonchev–Trinajstić information content (AvgIpc) is 3.21. The second kappa shape index (κ2) is 8.84. The van der Waals surface area contributed by atoms with Crippen LogP contribution in [0.1, 0.15) is 23.1 Å². The van der Waals surface area contributed by atoms with Crippen molar-refractivity contribution >= 4 is 34.5 Å². The fourth-order valence-corrected chi connectivity index (χ4v) is 4.49. The summed E-state index contributed by atoms with van der Waals surface area (Å²) in [4.78, 5) is 20.4. The first-order chi connectivity index (χ1) is 14.1. The highest BCUT2D eigenvalue weighted by Crippen LogP contribution is 2.29. The molecule has 29 heavy (non-hydrogen) atoms. The van der Waals surface area contributed by atoms with E-state index in [1.165, 1.54) is 10.4 Å². The number of nitrogens with one attached hydrogen (secondary N) is 1. The van der Waals surface area contributed by atoms with Crippen molar-refractivity contribution in [1.29, 1.82) is 0 Å². The number of hydrogen-bond acceptors (Lipinski definition) is 5. The summed E-state index contributed by atoms with van der Waals surface area (Å²) in [5.74, 6) is 0.677. The third-order valence-corrected chi connectivity index (χ3v) is 6.22. The van der Waals surface area contributed by atoms with Crippen LogP contribution in [0, 0.1) is 0 Å². The minimum absolute atomic E-state index is 0.0912. The first-order valence-corrected chi connectivity index (χ1v) is 10.8. The molecule has 1 aromatic carbocycles. The van der Waals surface area contributed by atoms with Crippen molar-refractivity contribution in [3.05, 3.63) is 75.2 Å². The molecule has 0 radical (unpaired) electrons. The fraction of sp³-hybridized carbons (Fsp3) is 0.273. The third-order valence-electron chi connectivity index (χ3n) is 4.91. The molecule has 1 aliphatic rings. The molecule has 0 spiro atoms. The summed E-state index contributed by atoms with van der Waals surface area (Å²) in [5, 5.41) is 5.85. The number of fused-ring (bicyclic) bond motifs is 1. The Labute approximate surface area is 179 Å². The molecular weight excluding hydrogens is 406 g/mol. The van der Waals surface area contributed by atoms with Crippen LogP contribution in [0.3, 0.4) is 0 Å². The van der Waals surface area contributed by atoms with Gasteiger partial charge in [0, 0.05) is 29.9 Å². The molecule has 7 heteroatoms. The molecule has 0 saturated heterocycles. The lowest BCUT2D eigenvalue weighted by Gasteiger charge is -2.30. The van der Waals surface area contributed by atoms with Crippen molar-refractivity contribution in [3.8, 4) is 5.75 Å². The van der Waals surface area contributed by atoms with E-state index in [0.29, 0.717) is 23.9 Å². The Morgan fingerprint density at radius 1 is 1.34 bits per heavy atom. The monoisotopic (exact) mass is 427 g/mol. The SMILES string of the molecule is CC(Nc1ccc(OCc2ccccn2)c(Cl)c1)C(=O)N1CCc2sccc2C1. The number of thiophene rings is 1. The zero-order valence-electron chi connectivity index (χ0n) is 16.1. The average molecular weight is 428 g/mol. The maximum atomic E-state index is 12.8. The van der Waals surface area contributed by atoms with Crippen LogP contribution in [-0.2, 0) is 24.4 Å². The van der Waals surface area contributed by atoms with Crippen molar-refractivity contribution in [1.82, 2.24) is 9.88 Å². The van der Waals surface area contributed by atoms with Crippen molar-refractivity contribution in [2.45, 2.75) is 32.5 Å².